The first-order valence-electron chi connectivity index (χ1n) is 4.07. The predicted octanol–water partition coefficient (Wildman–Crippen LogP) is 0.924. The third-order valence-electron chi connectivity index (χ3n) is 1.93. The van der Waals surface area contributed by atoms with E-state index in [9.17, 15) is 4.79 Å². The zero-order valence-electron chi connectivity index (χ0n) is 7.23. The van der Waals surface area contributed by atoms with Crippen molar-refractivity contribution in [3.63, 3.8) is 0 Å². The van der Waals surface area contributed by atoms with E-state index >= 15 is 0 Å². The SMILES string of the molecule is CC1(CNC(=O)CCBr)COC1. The van der Waals surface area contributed by atoms with E-state index in [1.807, 2.05) is 0 Å². The molecule has 0 aliphatic carbocycles. The van der Waals surface area contributed by atoms with Gasteiger partial charge in [-0.15, -0.1) is 0 Å². The van der Waals surface area contributed by atoms with Crippen LogP contribution < -0.4 is 5.32 Å². The van der Waals surface area contributed by atoms with E-state index in [2.05, 4.69) is 28.2 Å². The number of carbonyl (C=O) groups is 1. The van der Waals surface area contributed by atoms with Gasteiger partial charge in [0.15, 0.2) is 0 Å². The van der Waals surface area contributed by atoms with Crippen molar-refractivity contribution in [3.8, 4) is 0 Å². The van der Waals surface area contributed by atoms with E-state index in [1.54, 1.807) is 0 Å². The lowest BCUT2D eigenvalue weighted by Crippen LogP contribution is -2.48. The van der Waals surface area contributed by atoms with Gasteiger partial charge < -0.3 is 10.1 Å². The lowest BCUT2D eigenvalue weighted by molar-refractivity contribution is -0.126. The Morgan fingerprint density at radius 1 is 1.67 bits per heavy atom. The highest BCUT2D eigenvalue weighted by molar-refractivity contribution is 9.09. The molecule has 1 rings (SSSR count). The molecule has 0 aromatic carbocycles. The number of hydrogen-bond donors (Lipinski definition) is 1. The normalized spacial score (nSPS) is 19.8. The summed E-state index contributed by atoms with van der Waals surface area (Å²) in [4.78, 5) is 11.0. The van der Waals surface area contributed by atoms with E-state index in [0.29, 0.717) is 6.42 Å². The van der Waals surface area contributed by atoms with Gasteiger partial charge in [-0.25, -0.2) is 0 Å². The molecule has 0 bridgehead atoms. The summed E-state index contributed by atoms with van der Waals surface area (Å²) in [5.41, 5.74) is 0.183. The molecular weight excluding hydrogens is 222 g/mol. The van der Waals surface area contributed by atoms with Gasteiger partial charge in [-0.1, -0.05) is 22.9 Å². The number of hydrogen-bond acceptors (Lipinski definition) is 2. The first-order chi connectivity index (χ1) is 5.66. The molecule has 1 aliphatic heterocycles. The van der Waals surface area contributed by atoms with E-state index in [0.717, 1.165) is 25.1 Å². The topological polar surface area (TPSA) is 38.3 Å². The lowest BCUT2D eigenvalue weighted by Gasteiger charge is -2.38. The Bertz CT molecular complexity index is 168. The van der Waals surface area contributed by atoms with E-state index < -0.39 is 0 Å². The van der Waals surface area contributed by atoms with Gasteiger partial charge >= 0.3 is 0 Å². The summed E-state index contributed by atoms with van der Waals surface area (Å²) in [5.74, 6) is 0.111. The van der Waals surface area contributed by atoms with E-state index in [1.165, 1.54) is 0 Å². The molecule has 0 unspecified atom stereocenters. The van der Waals surface area contributed by atoms with Crippen molar-refractivity contribution >= 4 is 21.8 Å². The highest BCUT2D eigenvalue weighted by Gasteiger charge is 2.33. The smallest absolute Gasteiger partial charge is 0.220 e. The van der Waals surface area contributed by atoms with Gasteiger partial charge in [0.25, 0.3) is 0 Å². The van der Waals surface area contributed by atoms with Crippen molar-refractivity contribution in [3.05, 3.63) is 0 Å². The van der Waals surface area contributed by atoms with Crippen molar-refractivity contribution < 1.29 is 9.53 Å². The number of halogens is 1. The Morgan fingerprint density at radius 3 is 2.75 bits per heavy atom. The minimum absolute atomic E-state index is 0.111. The molecule has 0 aromatic heterocycles. The molecule has 70 valence electrons. The maximum Gasteiger partial charge on any atom is 0.220 e. The van der Waals surface area contributed by atoms with Crippen LogP contribution in [0.15, 0.2) is 0 Å². The number of alkyl halides is 1. The molecule has 0 atom stereocenters. The average Bonchev–Trinajstić information content (AvgIpc) is 1.98. The summed E-state index contributed by atoms with van der Waals surface area (Å²) in [6, 6.07) is 0. The molecule has 1 amide bonds. The predicted molar refractivity (Wildman–Crippen MR) is 50.3 cm³/mol. The molecule has 0 saturated carbocycles. The van der Waals surface area contributed by atoms with Gasteiger partial charge in [0, 0.05) is 23.7 Å². The number of ether oxygens (including phenoxy) is 1. The van der Waals surface area contributed by atoms with E-state index in [4.69, 9.17) is 4.74 Å². The number of nitrogens with one attached hydrogen (secondary N) is 1. The molecule has 0 radical (unpaired) electrons. The highest BCUT2D eigenvalue weighted by atomic mass is 79.9. The number of amides is 1. The molecule has 0 spiro atoms. The molecular formula is C8H14BrNO2. The zero-order valence-corrected chi connectivity index (χ0v) is 8.82. The molecule has 4 heteroatoms. The third kappa shape index (κ3) is 2.75. The summed E-state index contributed by atoms with van der Waals surface area (Å²) in [6.45, 7) is 4.38. The summed E-state index contributed by atoms with van der Waals surface area (Å²) in [6.07, 6.45) is 0.553. The highest BCUT2D eigenvalue weighted by Crippen LogP contribution is 2.24. The summed E-state index contributed by atoms with van der Waals surface area (Å²) in [5, 5.41) is 3.61. The Kier molecular flexibility index (Phi) is 3.53. The fourth-order valence-electron chi connectivity index (χ4n) is 1.04. The van der Waals surface area contributed by atoms with Gasteiger partial charge in [0.2, 0.25) is 5.91 Å². The molecule has 1 saturated heterocycles. The van der Waals surface area contributed by atoms with Gasteiger partial charge in [-0.05, 0) is 0 Å². The molecule has 0 aromatic rings. The number of carbonyl (C=O) groups excluding carboxylic acids is 1. The number of rotatable bonds is 4. The minimum Gasteiger partial charge on any atom is -0.380 e. The van der Waals surface area contributed by atoms with Crippen LogP contribution in [0.2, 0.25) is 0 Å². The second kappa shape index (κ2) is 4.23. The van der Waals surface area contributed by atoms with Crippen molar-refractivity contribution in [1.29, 1.82) is 0 Å². The summed E-state index contributed by atoms with van der Waals surface area (Å²) < 4.78 is 5.07. The largest absolute Gasteiger partial charge is 0.380 e. The van der Waals surface area contributed by atoms with Crippen LogP contribution in [0.25, 0.3) is 0 Å². The molecule has 1 aliphatic rings. The van der Waals surface area contributed by atoms with Gasteiger partial charge in [0.1, 0.15) is 0 Å². The summed E-state index contributed by atoms with van der Waals surface area (Å²) in [7, 11) is 0. The maximum absolute atomic E-state index is 11.0. The van der Waals surface area contributed by atoms with Crippen molar-refractivity contribution in [2.45, 2.75) is 13.3 Å². The molecule has 1 heterocycles. The molecule has 12 heavy (non-hydrogen) atoms. The van der Waals surface area contributed by atoms with Crippen LogP contribution in [0, 0.1) is 5.41 Å². The van der Waals surface area contributed by atoms with Crippen LogP contribution in [0.3, 0.4) is 0 Å². The second-order valence-corrected chi connectivity index (χ2v) is 4.31. The summed E-state index contributed by atoms with van der Waals surface area (Å²) >= 11 is 3.22. The Hall–Kier alpha value is -0.0900. The standard InChI is InChI=1S/C8H14BrNO2/c1-8(5-12-6-8)4-10-7(11)2-3-9/h2-6H2,1H3,(H,10,11). The van der Waals surface area contributed by atoms with Crippen molar-refractivity contribution in [2.75, 3.05) is 25.1 Å². The first-order valence-corrected chi connectivity index (χ1v) is 5.19. The quantitative estimate of drug-likeness (QED) is 0.737. The molecule has 3 nitrogen and oxygen atoms in total. The first kappa shape index (κ1) is 9.99. The molecule has 1 fully saturated rings. The lowest BCUT2D eigenvalue weighted by atomic mass is 9.89. The van der Waals surface area contributed by atoms with Crippen molar-refractivity contribution in [1.82, 2.24) is 5.32 Å². The third-order valence-corrected chi connectivity index (χ3v) is 2.33. The zero-order chi connectivity index (χ0) is 9.03. The van der Waals surface area contributed by atoms with Gasteiger partial charge in [-0.3, -0.25) is 4.79 Å². The van der Waals surface area contributed by atoms with Gasteiger partial charge in [0.05, 0.1) is 13.2 Å². The molecule has 1 N–H and O–H groups in total. The van der Waals surface area contributed by atoms with Crippen LogP contribution >= 0.6 is 15.9 Å². The Morgan fingerprint density at radius 2 is 2.33 bits per heavy atom. The van der Waals surface area contributed by atoms with Crippen LogP contribution in [-0.2, 0) is 9.53 Å². The Balaban J connectivity index is 2.12. The van der Waals surface area contributed by atoms with Crippen LogP contribution in [0.1, 0.15) is 13.3 Å². The monoisotopic (exact) mass is 235 g/mol. The van der Waals surface area contributed by atoms with Crippen LogP contribution in [0.4, 0.5) is 0 Å². The average molecular weight is 236 g/mol. The maximum atomic E-state index is 11.0. The second-order valence-electron chi connectivity index (χ2n) is 3.52. The fraction of sp³-hybridized carbons (Fsp3) is 0.875. The van der Waals surface area contributed by atoms with Gasteiger partial charge in [-0.2, -0.15) is 0 Å². The van der Waals surface area contributed by atoms with Crippen LogP contribution in [-0.4, -0.2) is 31.0 Å². The minimum atomic E-state index is 0.111. The fourth-order valence-corrected chi connectivity index (χ4v) is 1.40. The van der Waals surface area contributed by atoms with Crippen molar-refractivity contribution in [2.24, 2.45) is 5.41 Å². The Labute approximate surface area is 81.0 Å². The van der Waals surface area contributed by atoms with E-state index in [-0.39, 0.29) is 11.3 Å². The van der Waals surface area contributed by atoms with Crippen LogP contribution in [0.5, 0.6) is 0 Å².